The van der Waals surface area contributed by atoms with Gasteiger partial charge in [-0.25, -0.2) is 13.2 Å². The highest BCUT2D eigenvalue weighted by atomic mass is 79.9. The Bertz CT molecular complexity index is 649. The highest BCUT2D eigenvalue weighted by Gasteiger charge is 2.15. The van der Waals surface area contributed by atoms with E-state index in [0.717, 1.165) is 18.3 Å². The number of hydrogen-bond acceptors (Lipinski definition) is 2. The normalized spacial score (nSPS) is 10.3. The molecule has 0 radical (unpaired) electrons. The molecule has 3 nitrogen and oxygen atoms in total. The summed E-state index contributed by atoms with van der Waals surface area (Å²) in [4.78, 5) is 15.2. The van der Waals surface area contributed by atoms with Crippen molar-refractivity contribution in [1.82, 2.24) is 4.98 Å². The Labute approximate surface area is 114 Å². The van der Waals surface area contributed by atoms with E-state index in [2.05, 4.69) is 26.2 Å². The number of nitrogens with zero attached hydrogens (tertiary/aromatic N) is 1. The lowest BCUT2D eigenvalue weighted by Gasteiger charge is -2.08. The minimum absolute atomic E-state index is 0.0144. The van der Waals surface area contributed by atoms with Gasteiger partial charge in [0.1, 0.15) is 11.6 Å². The highest BCUT2D eigenvalue weighted by molar-refractivity contribution is 9.10. The smallest absolute Gasteiger partial charge is 0.258 e. The van der Waals surface area contributed by atoms with Crippen molar-refractivity contribution in [3.05, 3.63) is 58.1 Å². The number of nitrogens with one attached hydrogen (secondary N) is 1. The SMILES string of the molecule is O=C(Nc1cc(Br)c(F)cc1F)c1ccncc1F. The third kappa shape index (κ3) is 2.93. The summed E-state index contributed by atoms with van der Waals surface area (Å²) in [6.45, 7) is 0. The first-order chi connectivity index (χ1) is 8.99. The Balaban J connectivity index is 2.30. The van der Waals surface area contributed by atoms with Crippen molar-refractivity contribution < 1.29 is 18.0 Å². The van der Waals surface area contributed by atoms with E-state index in [4.69, 9.17) is 0 Å². The summed E-state index contributed by atoms with van der Waals surface area (Å²) in [6.07, 6.45) is 2.10. The first-order valence-electron chi connectivity index (χ1n) is 5.04. The lowest BCUT2D eigenvalue weighted by Crippen LogP contribution is -2.15. The van der Waals surface area contributed by atoms with Crippen molar-refractivity contribution in [2.24, 2.45) is 0 Å². The Morgan fingerprint density at radius 3 is 2.58 bits per heavy atom. The van der Waals surface area contributed by atoms with Gasteiger partial charge in [0.2, 0.25) is 0 Å². The van der Waals surface area contributed by atoms with Gasteiger partial charge in [-0.3, -0.25) is 9.78 Å². The fourth-order valence-electron chi connectivity index (χ4n) is 1.37. The zero-order valence-electron chi connectivity index (χ0n) is 9.25. The third-order valence-electron chi connectivity index (χ3n) is 2.28. The predicted molar refractivity (Wildman–Crippen MR) is 66.2 cm³/mol. The summed E-state index contributed by atoms with van der Waals surface area (Å²) in [5.74, 6) is -3.44. The minimum Gasteiger partial charge on any atom is -0.319 e. The van der Waals surface area contributed by atoms with Crippen molar-refractivity contribution in [1.29, 1.82) is 0 Å². The maximum absolute atomic E-state index is 13.4. The molecule has 0 spiro atoms. The Morgan fingerprint density at radius 1 is 1.16 bits per heavy atom. The van der Waals surface area contributed by atoms with Gasteiger partial charge in [-0.05, 0) is 28.1 Å². The zero-order chi connectivity index (χ0) is 14.0. The second kappa shape index (κ2) is 5.40. The summed E-state index contributed by atoms with van der Waals surface area (Å²) in [7, 11) is 0. The van der Waals surface area contributed by atoms with Crippen LogP contribution in [0.1, 0.15) is 10.4 Å². The van der Waals surface area contributed by atoms with Gasteiger partial charge in [0, 0.05) is 12.3 Å². The number of rotatable bonds is 2. The number of carbonyl (C=O) groups is 1. The Hall–Kier alpha value is -1.89. The van der Waals surface area contributed by atoms with Gasteiger partial charge >= 0.3 is 0 Å². The van der Waals surface area contributed by atoms with Crippen LogP contribution in [0.3, 0.4) is 0 Å². The van der Waals surface area contributed by atoms with Crippen LogP contribution in [-0.2, 0) is 0 Å². The van der Waals surface area contributed by atoms with E-state index >= 15 is 0 Å². The van der Waals surface area contributed by atoms with Crippen LogP contribution in [0, 0.1) is 17.5 Å². The van der Waals surface area contributed by atoms with E-state index in [1.807, 2.05) is 0 Å². The van der Waals surface area contributed by atoms with Gasteiger partial charge in [0.05, 0.1) is 21.9 Å². The van der Waals surface area contributed by atoms with Gasteiger partial charge < -0.3 is 5.32 Å². The molecule has 0 saturated carbocycles. The van der Waals surface area contributed by atoms with Crippen molar-refractivity contribution in [3.63, 3.8) is 0 Å². The molecule has 19 heavy (non-hydrogen) atoms. The van der Waals surface area contributed by atoms with E-state index in [-0.39, 0.29) is 15.7 Å². The molecule has 1 aromatic carbocycles. The molecule has 7 heteroatoms. The lowest BCUT2D eigenvalue weighted by atomic mass is 10.2. The summed E-state index contributed by atoms with van der Waals surface area (Å²) in [5, 5.41) is 2.16. The average Bonchev–Trinajstić information content (AvgIpc) is 2.36. The van der Waals surface area contributed by atoms with Crippen LogP contribution in [0.2, 0.25) is 0 Å². The molecule has 1 aromatic heterocycles. The Morgan fingerprint density at radius 2 is 1.89 bits per heavy atom. The van der Waals surface area contributed by atoms with Crippen molar-refractivity contribution in [2.75, 3.05) is 5.32 Å². The molecule has 0 fully saturated rings. The quantitative estimate of drug-likeness (QED) is 0.856. The molecule has 2 rings (SSSR count). The molecule has 0 aliphatic carbocycles. The molecule has 0 aliphatic rings. The monoisotopic (exact) mass is 330 g/mol. The first-order valence-corrected chi connectivity index (χ1v) is 5.83. The maximum atomic E-state index is 13.4. The predicted octanol–water partition coefficient (Wildman–Crippen LogP) is 3.51. The number of hydrogen-bond donors (Lipinski definition) is 1. The molecule has 0 saturated heterocycles. The van der Waals surface area contributed by atoms with Crippen molar-refractivity contribution >= 4 is 27.5 Å². The second-order valence-corrected chi connectivity index (χ2v) is 4.41. The first kappa shape index (κ1) is 13.5. The number of carbonyl (C=O) groups excluding carboxylic acids is 1. The number of anilines is 1. The molecule has 0 atom stereocenters. The number of amides is 1. The number of halogens is 4. The third-order valence-corrected chi connectivity index (χ3v) is 2.88. The average molecular weight is 331 g/mol. The van der Waals surface area contributed by atoms with Crippen LogP contribution in [0.5, 0.6) is 0 Å². The van der Waals surface area contributed by atoms with Crippen LogP contribution in [0.4, 0.5) is 18.9 Å². The molecule has 0 unspecified atom stereocenters. The molecule has 0 aliphatic heterocycles. The minimum atomic E-state index is -0.955. The second-order valence-electron chi connectivity index (χ2n) is 3.56. The molecule has 98 valence electrons. The van der Waals surface area contributed by atoms with Gasteiger partial charge in [0.25, 0.3) is 5.91 Å². The topological polar surface area (TPSA) is 42.0 Å². The van der Waals surface area contributed by atoms with Gasteiger partial charge in [-0.15, -0.1) is 0 Å². The standard InChI is InChI=1S/C12H6BrF3N2O/c13-7-3-11(9(15)4-8(7)14)18-12(19)6-1-2-17-5-10(6)16/h1-5H,(H,18,19). The van der Waals surface area contributed by atoms with Gasteiger partial charge in [-0.1, -0.05) is 0 Å². The van der Waals surface area contributed by atoms with Crippen LogP contribution in [-0.4, -0.2) is 10.9 Å². The summed E-state index contributed by atoms with van der Waals surface area (Å²) in [5.41, 5.74) is -0.538. The highest BCUT2D eigenvalue weighted by Crippen LogP contribution is 2.24. The van der Waals surface area contributed by atoms with E-state index in [0.29, 0.717) is 6.07 Å². The zero-order valence-corrected chi connectivity index (χ0v) is 10.8. The van der Waals surface area contributed by atoms with Crippen LogP contribution in [0.15, 0.2) is 35.1 Å². The van der Waals surface area contributed by atoms with Crippen LogP contribution >= 0.6 is 15.9 Å². The molecular weight excluding hydrogens is 325 g/mol. The molecule has 2 aromatic rings. The molecular formula is C12H6BrF3N2O. The fraction of sp³-hybridized carbons (Fsp3) is 0. The number of aromatic nitrogens is 1. The van der Waals surface area contributed by atoms with E-state index in [9.17, 15) is 18.0 Å². The van der Waals surface area contributed by atoms with Gasteiger partial charge in [-0.2, -0.15) is 0 Å². The molecule has 1 N–H and O–H groups in total. The summed E-state index contributed by atoms with van der Waals surface area (Å²) in [6, 6.07) is 2.82. The maximum Gasteiger partial charge on any atom is 0.258 e. The largest absolute Gasteiger partial charge is 0.319 e. The lowest BCUT2D eigenvalue weighted by molar-refractivity contribution is 0.102. The molecule has 1 amide bonds. The van der Waals surface area contributed by atoms with Gasteiger partial charge in [0.15, 0.2) is 5.82 Å². The van der Waals surface area contributed by atoms with Crippen LogP contribution in [0.25, 0.3) is 0 Å². The molecule has 1 heterocycles. The van der Waals surface area contributed by atoms with Crippen LogP contribution < -0.4 is 5.32 Å². The van der Waals surface area contributed by atoms with Crippen molar-refractivity contribution in [3.8, 4) is 0 Å². The Kier molecular flexibility index (Phi) is 3.84. The summed E-state index contributed by atoms with van der Waals surface area (Å²) < 4.78 is 39.7. The van der Waals surface area contributed by atoms with E-state index in [1.165, 1.54) is 6.20 Å². The van der Waals surface area contributed by atoms with E-state index in [1.54, 1.807) is 0 Å². The number of benzene rings is 1. The van der Waals surface area contributed by atoms with E-state index < -0.39 is 23.4 Å². The fourth-order valence-corrected chi connectivity index (χ4v) is 1.71. The summed E-state index contributed by atoms with van der Waals surface area (Å²) >= 11 is 2.86. The van der Waals surface area contributed by atoms with Crippen molar-refractivity contribution in [2.45, 2.75) is 0 Å². The molecule has 0 bridgehead atoms. The number of pyridine rings is 1.